The highest BCUT2D eigenvalue weighted by molar-refractivity contribution is 5.93. The van der Waals surface area contributed by atoms with Crippen LogP contribution in [0, 0.1) is 12.8 Å². The summed E-state index contributed by atoms with van der Waals surface area (Å²) in [5.41, 5.74) is 7.13. The van der Waals surface area contributed by atoms with E-state index in [4.69, 9.17) is 15.2 Å². The Hall–Kier alpha value is -2.16. The Balaban J connectivity index is 0.00000280. The normalized spacial score (nSPS) is 15.4. The maximum atomic E-state index is 12.7. The zero-order valence-corrected chi connectivity index (χ0v) is 17.3. The molecule has 1 unspecified atom stereocenters. The number of aromatic nitrogens is 3. The third-order valence-corrected chi connectivity index (χ3v) is 4.92. The number of hydrogen-bond acceptors (Lipinski definition) is 6. The monoisotopic (exact) mass is 409 g/mol. The van der Waals surface area contributed by atoms with Gasteiger partial charge in [0, 0.05) is 13.7 Å². The standard InChI is InChI=1S/C19H27N5O3.ClH/c1-13-17(18(25)21-19(2,12-20)14-4-5-14)23-24(22-13)15-6-8-16(9-7-15)27-11-10-26-3;/h6-9,14H,4-5,10-12,20H2,1-3H3,(H,21,25);1H. The Kier molecular flexibility index (Phi) is 7.40. The maximum absolute atomic E-state index is 12.7. The van der Waals surface area contributed by atoms with Crippen LogP contribution in [0.2, 0.25) is 0 Å². The third-order valence-electron chi connectivity index (χ3n) is 4.92. The van der Waals surface area contributed by atoms with E-state index in [2.05, 4.69) is 15.5 Å². The SMILES string of the molecule is COCCOc1ccc(-n2nc(C)c(C(=O)NC(C)(CN)C3CC3)n2)cc1.Cl. The molecular formula is C19H28ClN5O3. The van der Waals surface area contributed by atoms with Gasteiger partial charge < -0.3 is 20.5 Å². The minimum Gasteiger partial charge on any atom is -0.491 e. The van der Waals surface area contributed by atoms with Gasteiger partial charge >= 0.3 is 0 Å². The number of hydrogen-bond donors (Lipinski definition) is 2. The molecule has 1 aliphatic rings. The summed E-state index contributed by atoms with van der Waals surface area (Å²) in [6.45, 7) is 5.19. The number of carbonyl (C=O) groups is 1. The summed E-state index contributed by atoms with van der Waals surface area (Å²) in [4.78, 5) is 14.2. The van der Waals surface area contributed by atoms with E-state index in [0.717, 1.165) is 24.3 Å². The van der Waals surface area contributed by atoms with E-state index < -0.39 is 5.54 Å². The van der Waals surface area contributed by atoms with Gasteiger partial charge in [0.1, 0.15) is 12.4 Å². The zero-order valence-electron chi connectivity index (χ0n) is 16.5. The molecule has 1 aromatic carbocycles. The number of nitrogens with two attached hydrogens (primary N) is 1. The Morgan fingerprint density at radius 3 is 2.54 bits per heavy atom. The van der Waals surface area contributed by atoms with Crippen LogP contribution in [-0.2, 0) is 4.74 Å². The summed E-state index contributed by atoms with van der Waals surface area (Å²) in [6, 6.07) is 7.36. The Morgan fingerprint density at radius 1 is 1.29 bits per heavy atom. The molecule has 1 fully saturated rings. The molecule has 2 aromatic rings. The average Bonchev–Trinajstić information content (AvgIpc) is 3.45. The second-order valence-corrected chi connectivity index (χ2v) is 7.11. The van der Waals surface area contributed by atoms with Crippen molar-refractivity contribution in [1.29, 1.82) is 0 Å². The van der Waals surface area contributed by atoms with Gasteiger partial charge in [-0.15, -0.1) is 17.5 Å². The molecular weight excluding hydrogens is 382 g/mol. The van der Waals surface area contributed by atoms with E-state index in [-0.39, 0.29) is 18.3 Å². The Labute approximate surface area is 171 Å². The number of benzene rings is 1. The molecule has 1 aliphatic carbocycles. The highest BCUT2D eigenvalue weighted by Gasteiger charge is 2.42. The first-order valence-corrected chi connectivity index (χ1v) is 9.15. The van der Waals surface area contributed by atoms with E-state index in [1.807, 2.05) is 31.2 Å². The van der Waals surface area contributed by atoms with Crippen LogP contribution in [0.3, 0.4) is 0 Å². The van der Waals surface area contributed by atoms with E-state index in [1.165, 1.54) is 4.80 Å². The van der Waals surface area contributed by atoms with Crippen molar-refractivity contribution in [1.82, 2.24) is 20.3 Å². The van der Waals surface area contributed by atoms with Gasteiger partial charge in [0.15, 0.2) is 5.69 Å². The van der Waals surface area contributed by atoms with Gasteiger partial charge in [-0.1, -0.05) is 0 Å². The Morgan fingerprint density at radius 2 is 1.96 bits per heavy atom. The molecule has 0 spiro atoms. The first kappa shape index (κ1) is 22.1. The van der Waals surface area contributed by atoms with Crippen LogP contribution in [0.1, 0.15) is 35.9 Å². The summed E-state index contributed by atoms with van der Waals surface area (Å²) in [7, 11) is 1.63. The number of halogens is 1. The summed E-state index contributed by atoms with van der Waals surface area (Å²) in [5.74, 6) is 0.936. The number of amides is 1. The van der Waals surface area contributed by atoms with E-state index >= 15 is 0 Å². The lowest BCUT2D eigenvalue weighted by atomic mass is 9.95. The van der Waals surface area contributed by atoms with E-state index in [0.29, 0.717) is 37.1 Å². The number of methoxy groups -OCH3 is 1. The molecule has 1 heterocycles. The summed E-state index contributed by atoms with van der Waals surface area (Å²) in [6.07, 6.45) is 2.19. The number of nitrogens with zero attached hydrogens (tertiary/aromatic N) is 3. The van der Waals surface area contributed by atoms with Crippen molar-refractivity contribution in [3.63, 3.8) is 0 Å². The molecule has 3 rings (SSSR count). The topological polar surface area (TPSA) is 104 Å². The molecule has 1 atom stereocenters. The largest absolute Gasteiger partial charge is 0.491 e. The molecule has 154 valence electrons. The van der Waals surface area contributed by atoms with Crippen LogP contribution >= 0.6 is 12.4 Å². The molecule has 0 bridgehead atoms. The molecule has 8 nitrogen and oxygen atoms in total. The quantitative estimate of drug-likeness (QED) is 0.613. The Bertz CT molecular complexity index is 791. The minimum atomic E-state index is -0.394. The molecule has 9 heteroatoms. The zero-order chi connectivity index (χ0) is 19.4. The molecule has 1 aromatic heterocycles. The van der Waals surface area contributed by atoms with Crippen LogP contribution in [-0.4, -0.2) is 53.3 Å². The third kappa shape index (κ3) is 5.01. The highest BCUT2D eigenvalue weighted by Crippen LogP contribution is 2.39. The van der Waals surface area contributed by atoms with Gasteiger partial charge in [0.2, 0.25) is 0 Å². The summed E-state index contributed by atoms with van der Waals surface area (Å²) in [5, 5.41) is 11.8. The van der Waals surface area contributed by atoms with Gasteiger partial charge in [-0.3, -0.25) is 4.79 Å². The van der Waals surface area contributed by atoms with Crippen molar-refractivity contribution in [3.05, 3.63) is 35.7 Å². The fraction of sp³-hybridized carbons (Fsp3) is 0.526. The molecule has 0 saturated heterocycles. The van der Waals surface area contributed by atoms with Crippen LogP contribution in [0.5, 0.6) is 5.75 Å². The summed E-state index contributed by atoms with van der Waals surface area (Å²) < 4.78 is 10.5. The number of ether oxygens (including phenoxy) is 2. The van der Waals surface area contributed by atoms with Gasteiger partial charge in [-0.2, -0.15) is 9.90 Å². The molecule has 1 saturated carbocycles. The average molecular weight is 410 g/mol. The predicted molar refractivity (Wildman–Crippen MR) is 108 cm³/mol. The van der Waals surface area contributed by atoms with Gasteiger partial charge in [-0.05, 0) is 56.9 Å². The van der Waals surface area contributed by atoms with Crippen molar-refractivity contribution < 1.29 is 14.3 Å². The number of nitrogens with one attached hydrogen (secondary N) is 1. The highest BCUT2D eigenvalue weighted by atomic mass is 35.5. The molecule has 0 aliphatic heterocycles. The first-order valence-electron chi connectivity index (χ1n) is 9.15. The second kappa shape index (κ2) is 9.36. The van der Waals surface area contributed by atoms with Crippen molar-refractivity contribution in [2.45, 2.75) is 32.2 Å². The lowest BCUT2D eigenvalue weighted by Crippen LogP contribution is -2.53. The maximum Gasteiger partial charge on any atom is 0.274 e. The van der Waals surface area contributed by atoms with Gasteiger partial charge in [-0.25, -0.2) is 0 Å². The second-order valence-electron chi connectivity index (χ2n) is 7.11. The first-order chi connectivity index (χ1) is 13.0. The van der Waals surface area contributed by atoms with Gasteiger partial charge in [0.05, 0.1) is 23.5 Å². The van der Waals surface area contributed by atoms with Crippen molar-refractivity contribution >= 4 is 18.3 Å². The van der Waals surface area contributed by atoms with Crippen LogP contribution in [0.4, 0.5) is 0 Å². The predicted octanol–water partition coefficient (Wildman–Crippen LogP) is 1.88. The number of aryl methyl sites for hydroxylation is 1. The van der Waals surface area contributed by atoms with Gasteiger partial charge in [0.25, 0.3) is 5.91 Å². The molecule has 28 heavy (non-hydrogen) atoms. The molecule has 1 amide bonds. The lowest BCUT2D eigenvalue weighted by molar-refractivity contribution is 0.0891. The van der Waals surface area contributed by atoms with Crippen LogP contribution in [0.15, 0.2) is 24.3 Å². The van der Waals surface area contributed by atoms with Crippen LogP contribution in [0.25, 0.3) is 5.69 Å². The minimum absolute atomic E-state index is 0. The van der Waals surface area contributed by atoms with E-state index in [1.54, 1.807) is 14.0 Å². The van der Waals surface area contributed by atoms with Crippen molar-refractivity contribution in [2.75, 3.05) is 26.9 Å². The molecule has 3 N–H and O–H groups in total. The van der Waals surface area contributed by atoms with Crippen molar-refractivity contribution in [2.24, 2.45) is 11.7 Å². The number of carbonyl (C=O) groups excluding carboxylic acids is 1. The molecule has 0 radical (unpaired) electrons. The van der Waals surface area contributed by atoms with Crippen LogP contribution < -0.4 is 15.8 Å². The number of rotatable bonds is 9. The fourth-order valence-corrected chi connectivity index (χ4v) is 2.98. The fourth-order valence-electron chi connectivity index (χ4n) is 2.98. The smallest absolute Gasteiger partial charge is 0.274 e. The van der Waals surface area contributed by atoms with E-state index in [9.17, 15) is 4.79 Å². The lowest BCUT2D eigenvalue weighted by Gasteiger charge is -2.29. The summed E-state index contributed by atoms with van der Waals surface area (Å²) >= 11 is 0. The van der Waals surface area contributed by atoms with Crippen molar-refractivity contribution in [3.8, 4) is 11.4 Å².